The van der Waals surface area contributed by atoms with Gasteiger partial charge in [-0.1, -0.05) is 36.4 Å². The predicted molar refractivity (Wildman–Crippen MR) is 71.7 cm³/mol. The van der Waals surface area contributed by atoms with Crippen LogP contribution in [0.25, 0.3) is 0 Å². The molecule has 0 spiro atoms. The van der Waals surface area contributed by atoms with E-state index in [1.54, 1.807) is 30.3 Å². The molecule has 0 aromatic heterocycles. The molecule has 0 bridgehead atoms. The molecule has 0 aliphatic heterocycles. The number of halogens is 2. The van der Waals surface area contributed by atoms with Gasteiger partial charge >= 0.3 is 5.92 Å². The van der Waals surface area contributed by atoms with Crippen molar-refractivity contribution in [2.75, 3.05) is 6.61 Å². The second-order valence-electron chi connectivity index (χ2n) is 4.68. The molecular weight excluding hydrogens is 246 g/mol. The van der Waals surface area contributed by atoms with E-state index in [9.17, 15) is 8.78 Å². The van der Waals surface area contributed by atoms with Crippen molar-refractivity contribution in [3.63, 3.8) is 0 Å². The Morgan fingerprint density at radius 1 is 0.947 bits per heavy atom. The number of benzene rings is 2. The zero-order valence-corrected chi connectivity index (χ0v) is 11.0. The van der Waals surface area contributed by atoms with Crippen molar-refractivity contribution in [1.82, 2.24) is 0 Å². The summed E-state index contributed by atoms with van der Waals surface area (Å²) in [6.45, 7) is 3.17. The summed E-state index contributed by atoms with van der Waals surface area (Å²) in [6.07, 6.45) is 0. The lowest BCUT2D eigenvalue weighted by Crippen LogP contribution is -2.23. The summed E-state index contributed by atoms with van der Waals surface area (Å²) in [5.74, 6) is -2.51. The standard InChI is InChI=1S/C16H16F2O/c1-12-8-13(2)10-15(9-12)19-11-16(17,18)14-6-4-3-5-7-14/h3-10H,11H2,1-2H3. The van der Waals surface area contributed by atoms with Gasteiger partial charge in [-0.15, -0.1) is 0 Å². The quantitative estimate of drug-likeness (QED) is 0.789. The van der Waals surface area contributed by atoms with Gasteiger partial charge in [-0.25, -0.2) is 0 Å². The van der Waals surface area contributed by atoms with Crippen LogP contribution in [-0.2, 0) is 5.92 Å². The molecular formula is C16H16F2O. The third-order valence-electron chi connectivity index (χ3n) is 2.81. The lowest BCUT2D eigenvalue weighted by Gasteiger charge is -2.18. The van der Waals surface area contributed by atoms with Gasteiger partial charge in [-0.05, 0) is 37.1 Å². The van der Waals surface area contributed by atoms with Crippen molar-refractivity contribution in [2.45, 2.75) is 19.8 Å². The van der Waals surface area contributed by atoms with Crippen LogP contribution in [0.5, 0.6) is 5.75 Å². The number of alkyl halides is 2. The Morgan fingerprint density at radius 2 is 1.53 bits per heavy atom. The fourth-order valence-corrected chi connectivity index (χ4v) is 1.96. The topological polar surface area (TPSA) is 9.23 Å². The van der Waals surface area contributed by atoms with Crippen LogP contribution in [0.2, 0.25) is 0 Å². The number of hydrogen-bond donors (Lipinski definition) is 0. The van der Waals surface area contributed by atoms with Gasteiger partial charge < -0.3 is 4.74 Å². The van der Waals surface area contributed by atoms with Crippen molar-refractivity contribution in [3.05, 3.63) is 65.2 Å². The molecule has 2 aromatic rings. The summed E-state index contributed by atoms with van der Waals surface area (Å²) in [6, 6.07) is 13.2. The van der Waals surface area contributed by atoms with Gasteiger partial charge in [0.1, 0.15) is 5.75 Å². The Hall–Kier alpha value is -1.90. The monoisotopic (exact) mass is 262 g/mol. The van der Waals surface area contributed by atoms with E-state index in [2.05, 4.69) is 0 Å². The summed E-state index contributed by atoms with van der Waals surface area (Å²) in [5.41, 5.74) is 1.97. The molecule has 0 fully saturated rings. The highest BCUT2D eigenvalue weighted by Crippen LogP contribution is 2.29. The Bertz CT molecular complexity index is 530. The van der Waals surface area contributed by atoms with Crippen LogP contribution < -0.4 is 4.74 Å². The minimum Gasteiger partial charge on any atom is -0.487 e. The predicted octanol–water partition coefficient (Wildman–Crippen LogP) is 4.47. The van der Waals surface area contributed by atoms with Gasteiger partial charge in [-0.3, -0.25) is 0 Å². The molecule has 0 amide bonds. The van der Waals surface area contributed by atoms with Crippen molar-refractivity contribution < 1.29 is 13.5 Å². The Labute approximate surface area is 111 Å². The van der Waals surface area contributed by atoms with Crippen LogP contribution in [-0.4, -0.2) is 6.61 Å². The SMILES string of the molecule is Cc1cc(C)cc(OCC(F)(F)c2ccccc2)c1. The summed E-state index contributed by atoms with van der Waals surface area (Å²) in [7, 11) is 0. The van der Waals surface area contributed by atoms with Crippen LogP contribution >= 0.6 is 0 Å². The van der Waals surface area contributed by atoms with E-state index in [1.165, 1.54) is 12.1 Å². The van der Waals surface area contributed by atoms with Gasteiger partial charge in [-0.2, -0.15) is 8.78 Å². The largest absolute Gasteiger partial charge is 0.487 e. The molecule has 0 heterocycles. The van der Waals surface area contributed by atoms with Gasteiger partial charge in [0, 0.05) is 5.56 Å². The van der Waals surface area contributed by atoms with Crippen molar-refractivity contribution >= 4 is 0 Å². The zero-order valence-electron chi connectivity index (χ0n) is 11.0. The van der Waals surface area contributed by atoms with Gasteiger partial charge in [0.15, 0.2) is 6.61 Å². The molecule has 0 unspecified atom stereocenters. The first-order valence-electron chi connectivity index (χ1n) is 6.12. The first kappa shape index (κ1) is 13.5. The van der Waals surface area contributed by atoms with Crippen LogP contribution in [0.4, 0.5) is 8.78 Å². The number of hydrogen-bond acceptors (Lipinski definition) is 1. The Balaban J connectivity index is 2.09. The lowest BCUT2D eigenvalue weighted by molar-refractivity contribution is -0.0467. The zero-order chi connectivity index (χ0) is 13.9. The summed E-state index contributed by atoms with van der Waals surface area (Å²) in [5, 5.41) is 0. The molecule has 0 saturated carbocycles. The third kappa shape index (κ3) is 3.53. The smallest absolute Gasteiger partial charge is 0.306 e. The van der Waals surface area contributed by atoms with E-state index in [4.69, 9.17) is 4.74 Å². The molecule has 100 valence electrons. The fourth-order valence-electron chi connectivity index (χ4n) is 1.96. The molecule has 2 rings (SSSR count). The maximum absolute atomic E-state index is 13.9. The first-order chi connectivity index (χ1) is 8.97. The second kappa shape index (κ2) is 5.39. The minimum absolute atomic E-state index is 0.0284. The average molecular weight is 262 g/mol. The molecule has 0 aliphatic carbocycles. The summed E-state index contributed by atoms with van der Waals surface area (Å²) < 4.78 is 33.1. The molecule has 0 radical (unpaired) electrons. The Kier molecular flexibility index (Phi) is 3.84. The summed E-state index contributed by atoms with van der Waals surface area (Å²) in [4.78, 5) is 0. The highest BCUT2D eigenvalue weighted by atomic mass is 19.3. The average Bonchev–Trinajstić information content (AvgIpc) is 2.37. The maximum atomic E-state index is 13.9. The van der Waals surface area contributed by atoms with E-state index in [0.29, 0.717) is 5.75 Å². The highest BCUT2D eigenvalue weighted by Gasteiger charge is 2.32. The van der Waals surface area contributed by atoms with Crippen LogP contribution in [0.3, 0.4) is 0 Å². The van der Waals surface area contributed by atoms with Crippen molar-refractivity contribution in [3.8, 4) is 5.75 Å². The van der Waals surface area contributed by atoms with Gasteiger partial charge in [0.05, 0.1) is 0 Å². The molecule has 0 aliphatic rings. The van der Waals surface area contributed by atoms with Crippen molar-refractivity contribution in [2.24, 2.45) is 0 Å². The molecule has 2 aromatic carbocycles. The van der Waals surface area contributed by atoms with Gasteiger partial charge in [0.2, 0.25) is 0 Å². The molecule has 0 atom stereocenters. The van der Waals surface area contributed by atoms with E-state index in [-0.39, 0.29) is 5.56 Å². The van der Waals surface area contributed by atoms with E-state index < -0.39 is 12.5 Å². The minimum atomic E-state index is -2.99. The third-order valence-corrected chi connectivity index (χ3v) is 2.81. The maximum Gasteiger partial charge on any atom is 0.306 e. The lowest BCUT2D eigenvalue weighted by atomic mass is 10.1. The highest BCUT2D eigenvalue weighted by molar-refractivity contribution is 5.33. The number of rotatable bonds is 4. The van der Waals surface area contributed by atoms with E-state index in [1.807, 2.05) is 19.9 Å². The van der Waals surface area contributed by atoms with E-state index >= 15 is 0 Å². The van der Waals surface area contributed by atoms with Crippen molar-refractivity contribution in [1.29, 1.82) is 0 Å². The van der Waals surface area contributed by atoms with E-state index in [0.717, 1.165) is 11.1 Å². The number of aryl methyl sites for hydroxylation is 2. The van der Waals surface area contributed by atoms with Crippen LogP contribution in [0, 0.1) is 13.8 Å². The molecule has 0 saturated heterocycles. The molecule has 1 nitrogen and oxygen atoms in total. The van der Waals surface area contributed by atoms with Gasteiger partial charge in [0.25, 0.3) is 0 Å². The van der Waals surface area contributed by atoms with Crippen LogP contribution in [0.1, 0.15) is 16.7 Å². The fraction of sp³-hybridized carbons (Fsp3) is 0.250. The van der Waals surface area contributed by atoms with Crippen LogP contribution in [0.15, 0.2) is 48.5 Å². The summed E-state index contributed by atoms with van der Waals surface area (Å²) >= 11 is 0. The second-order valence-corrected chi connectivity index (χ2v) is 4.68. The molecule has 0 N–H and O–H groups in total. The number of ether oxygens (including phenoxy) is 1. The Morgan fingerprint density at radius 3 is 2.11 bits per heavy atom. The molecule has 19 heavy (non-hydrogen) atoms. The normalized spacial score (nSPS) is 11.4. The molecule has 3 heteroatoms. The first-order valence-corrected chi connectivity index (χ1v) is 6.12.